The molecule has 0 spiro atoms. The summed E-state index contributed by atoms with van der Waals surface area (Å²) in [6.45, 7) is 5.32. The van der Waals surface area contributed by atoms with Crippen molar-refractivity contribution in [2.75, 3.05) is 0 Å². The first-order valence-electron chi connectivity index (χ1n) is 4.10. The van der Waals surface area contributed by atoms with Crippen LogP contribution in [0.1, 0.15) is 30.2 Å². The zero-order valence-electron chi connectivity index (χ0n) is 7.94. The van der Waals surface area contributed by atoms with Crippen molar-refractivity contribution in [3.63, 3.8) is 0 Å². The van der Waals surface area contributed by atoms with E-state index in [-0.39, 0.29) is 6.10 Å². The number of hydrogen-bond acceptors (Lipinski definition) is 4. The van der Waals surface area contributed by atoms with Gasteiger partial charge >= 0.3 is 5.97 Å². The van der Waals surface area contributed by atoms with Crippen molar-refractivity contribution in [3.05, 3.63) is 23.8 Å². The minimum Gasteiger partial charge on any atom is -0.458 e. The second kappa shape index (κ2) is 3.98. The Morgan fingerprint density at radius 1 is 1.54 bits per heavy atom. The number of carbonyl (C=O) groups excluding carboxylic acids is 1. The van der Waals surface area contributed by atoms with Gasteiger partial charge in [-0.25, -0.2) is 14.8 Å². The molecule has 4 heteroatoms. The number of aromatic nitrogens is 2. The van der Waals surface area contributed by atoms with E-state index in [1.165, 1.54) is 6.07 Å². The fraction of sp³-hybridized carbons (Fsp3) is 0.444. The largest absolute Gasteiger partial charge is 0.458 e. The molecule has 0 bridgehead atoms. The molecule has 13 heavy (non-hydrogen) atoms. The number of ether oxygens (including phenoxy) is 1. The molecule has 4 nitrogen and oxygen atoms in total. The lowest BCUT2D eigenvalue weighted by Crippen LogP contribution is -2.13. The summed E-state index contributed by atoms with van der Waals surface area (Å²) in [5.74, 6) is 0.165. The van der Waals surface area contributed by atoms with Crippen molar-refractivity contribution in [2.45, 2.75) is 26.9 Å². The van der Waals surface area contributed by atoms with E-state index in [4.69, 9.17) is 4.74 Å². The summed E-state index contributed by atoms with van der Waals surface area (Å²) in [6.07, 6.45) is 1.42. The van der Waals surface area contributed by atoms with Crippen LogP contribution in [0, 0.1) is 6.92 Å². The van der Waals surface area contributed by atoms with E-state index >= 15 is 0 Å². The van der Waals surface area contributed by atoms with Gasteiger partial charge in [-0.3, -0.25) is 0 Å². The molecule has 0 aliphatic rings. The Kier molecular flexibility index (Phi) is 2.95. The monoisotopic (exact) mass is 180 g/mol. The molecule has 0 aromatic carbocycles. The third-order valence-corrected chi connectivity index (χ3v) is 1.33. The summed E-state index contributed by atoms with van der Waals surface area (Å²) in [7, 11) is 0. The molecule has 0 N–H and O–H groups in total. The highest BCUT2D eigenvalue weighted by Gasteiger charge is 2.10. The molecule has 70 valence electrons. The maximum absolute atomic E-state index is 11.3. The predicted octanol–water partition coefficient (Wildman–Crippen LogP) is 1.35. The number of carbonyl (C=O) groups is 1. The third kappa shape index (κ3) is 2.82. The van der Waals surface area contributed by atoms with Gasteiger partial charge in [0.15, 0.2) is 5.69 Å². The number of esters is 1. The molecule has 1 aromatic rings. The highest BCUT2D eigenvalue weighted by molar-refractivity contribution is 5.87. The van der Waals surface area contributed by atoms with Crippen molar-refractivity contribution in [1.82, 2.24) is 9.97 Å². The Balaban J connectivity index is 2.77. The average molecular weight is 180 g/mol. The van der Waals surface area contributed by atoms with E-state index in [9.17, 15) is 4.79 Å². The molecule has 0 radical (unpaired) electrons. The molecule has 1 heterocycles. The van der Waals surface area contributed by atoms with Crippen LogP contribution >= 0.6 is 0 Å². The van der Waals surface area contributed by atoms with Gasteiger partial charge in [0.05, 0.1) is 6.10 Å². The molecule has 1 rings (SSSR count). The molecule has 0 atom stereocenters. The second-order valence-corrected chi connectivity index (χ2v) is 2.94. The first kappa shape index (κ1) is 9.64. The van der Waals surface area contributed by atoms with Gasteiger partial charge in [0, 0.05) is 6.20 Å². The Morgan fingerprint density at radius 3 is 2.77 bits per heavy atom. The van der Waals surface area contributed by atoms with E-state index in [1.54, 1.807) is 27.0 Å². The Morgan fingerprint density at radius 2 is 2.23 bits per heavy atom. The van der Waals surface area contributed by atoms with Gasteiger partial charge in [0.2, 0.25) is 0 Å². The average Bonchev–Trinajstić information content (AvgIpc) is 2.03. The molecule has 0 fully saturated rings. The summed E-state index contributed by atoms with van der Waals surface area (Å²) in [5.41, 5.74) is 0.307. The van der Waals surface area contributed by atoms with Crippen LogP contribution in [0.4, 0.5) is 0 Å². The van der Waals surface area contributed by atoms with Crippen LogP contribution in [-0.2, 0) is 4.74 Å². The van der Waals surface area contributed by atoms with Crippen LogP contribution in [-0.4, -0.2) is 22.0 Å². The standard InChI is InChI=1S/C9H12N2O2/c1-6(2)13-9(12)8-4-5-10-7(3)11-8/h4-6H,1-3H3. The third-order valence-electron chi connectivity index (χ3n) is 1.33. The molecule has 0 aliphatic carbocycles. The van der Waals surface area contributed by atoms with Crippen LogP contribution in [0.3, 0.4) is 0 Å². The number of aryl methyl sites for hydroxylation is 1. The van der Waals surface area contributed by atoms with Crippen LogP contribution in [0.15, 0.2) is 12.3 Å². The quantitative estimate of drug-likeness (QED) is 0.644. The van der Waals surface area contributed by atoms with E-state index in [0.29, 0.717) is 11.5 Å². The lowest BCUT2D eigenvalue weighted by atomic mass is 10.4. The van der Waals surface area contributed by atoms with Gasteiger partial charge in [-0.15, -0.1) is 0 Å². The van der Waals surface area contributed by atoms with Crippen molar-refractivity contribution in [3.8, 4) is 0 Å². The van der Waals surface area contributed by atoms with E-state index < -0.39 is 5.97 Å². The van der Waals surface area contributed by atoms with Gasteiger partial charge in [0.25, 0.3) is 0 Å². The van der Waals surface area contributed by atoms with Gasteiger partial charge in [-0.2, -0.15) is 0 Å². The van der Waals surface area contributed by atoms with Crippen LogP contribution in [0.5, 0.6) is 0 Å². The normalized spacial score (nSPS) is 10.2. The fourth-order valence-electron chi connectivity index (χ4n) is 0.844. The number of hydrogen-bond donors (Lipinski definition) is 0. The highest BCUT2D eigenvalue weighted by Crippen LogP contribution is 2.00. The topological polar surface area (TPSA) is 52.1 Å². The minimum atomic E-state index is -0.402. The van der Waals surface area contributed by atoms with Crippen LogP contribution in [0.2, 0.25) is 0 Å². The van der Waals surface area contributed by atoms with Crippen molar-refractivity contribution in [2.24, 2.45) is 0 Å². The molecule has 0 amide bonds. The zero-order valence-corrected chi connectivity index (χ0v) is 7.94. The number of rotatable bonds is 2. The maximum Gasteiger partial charge on any atom is 0.357 e. The molecule has 1 aromatic heterocycles. The van der Waals surface area contributed by atoms with Gasteiger partial charge in [-0.05, 0) is 26.8 Å². The Labute approximate surface area is 77.0 Å². The predicted molar refractivity (Wildman–Crippen MR) is 47.3 cm³/mol. The summed E-state index contributed by atoms with van der Waals surface area (Å²) < 4.78 is 4.96. The maximum atomic E-state index is 11.3. The van der Waals surface area contributed by atoms with Gasteiger partial charge < -0.3 is 4.74 Å². The molecule has 0 saturated carbocycles. The molecular weight excluding hydrogens is 168 g/mol. The van der Waals surface area contributed by atoms with Gasteiger partial charge in [-0.1, -0.05) is 0 Å². The summed E-state index contributed by atoms with van der Waals surface area (Å²) in [4.78, 5) is 19.1. The van der Waals surface area contributed by atoms with Crippen LogP contribution in [0.25, 0.3) is 0 Å². The summed E-state index contributed by atoms with van der Waals surface area (Å²) in [5, 5.41) is 0. The van der Waals surface area contributed by atoms with E-state index in [1.807, 2.05) is 0 Å². The number of nitrogens with zero attached hydrogens (tertiary/aromatic N) is 2. The summed E-state index contributed by atoms with van der Waals surface area (Å²) >= 11 is 0. The molecular formula is C9H12N2O2. The molecule has 0 aliphatic heterocycles. The highest BCUT2D eigenvalue weighted by atomic mass is 16.5. The fourth-order valence-corrected chi connectivity index (χ4v) is 0.844. The van der Waals surface area contributed by atoms with Gasteiger partial charge in [0.1, 0.15) is 5.82 Å². The first-order chi connectivity index (χ1) is 6.09. The lowest BCUT2D eigenvalue weighted by molar-refractivity contribution is 0.0370. The molecule has 0 saturated heterocycles. The first-order valence-corrected chi connectivity index (χ1v) is 4.10. The Bertz CT molecular complexity index is 310. The smallest absolute Gasteiger partial charge is 0.357 e. The van der Waals surface area contributed by atoms with Crippen molar-refractivity contribution in [1.29, 1.82) is 0 Å². The van der Waals surface area contributed by atoms with E-state index in [2.05, 4.69) is 9.97 Å². The van der Waals surface area contributed by atoms with Crippen LogP contribution < -0.4 is 0 Å². The SMILES string of the molecule is Cc1nccc(C(=O)OC(C)C)n1. The zero-order chi connectivity index (χ0) is 9.84. The Hall–Kier alpha value is -1.45. The summed E-state index contributed by atoms with van der Waals surface area (Å²) in [6, 6.07) is 1.54. The van der Waals surface area contributed by atoms with Crippen molar-refractivity contribution < 1.29 is 9.53 Å². The minimum absolute atomic E-state index is 0.122. The lowest BCUT2D eigenvalue weighted by Gasteiger charge is -2.06. The molecule has 0 unspecified atom stereocenters. The second-order valence-electron chi connectivity index (χ2n) is 2.94. The van der Waals surface area contributed by atoms with E-state index in [0.717, 1.165) is 0 Å². The van der Waals surface area contributed by atoms with Crippen molar-refractivity contribution >= 4 is 5.97 Å².